The van der Waals surface area contributed by atoms with Gasteiger partial charge >= 0.3 is 0 Å². The van der Waals surface area contributed by atoms with E-state index >= 15 is 0 Å². The molecule has 0 aromatic heterocycles. The number of benzene rings is 1. The number of methoxy groups -OCH3 is 1. The summed E-state index contributed by atoms with van der Waals surface area (Å²) in [6.45, 7) is 6.18. The maximum absolute atomic E-state index is 11.4. The first-order chi connectivity index (χ1) is 7.56. The van der Waals surface area contributed by atoms with E-state index in [1.54, 1.807) is 7.11 Å². The molecule has 0 bridgehead atoms. The number of hydrogen-bond donors (Lipinski definition) is 1. The highest BCUT2D eigenvalue weighted by Gasteiger charge is 2.17. The standard InChI is InChI=1S/C13H19NO2/c1-5-9-7-11(13(14)15)12(16-4)10(6-2)8(9)3/h7H,5-6H2,1-4H3,(H2,14,15). The first kappa shape index (κ1) is 12.6. The van der Waals surface area contributed by atoms with Gasteiger partial charge in [0.15, 0.2) is 0 Å². The van der Waals surface area contributed by atoms with E-state index in [0.717, 1.165) is 24.0 Å². The van der Waals surface area contributed by atoms with Gasteiger partial charge in [0, 0.05) is 0 Å². The fourth-order valence-corrected chi connectivity index (χ4v) is 2.08. The van der Waals surface area contributed by atoms with Crippen LogP contribution in [0.3, 0.4) is 0 Å². The summed E-state index contributed by atoms with van der Waals surface area (Å²) in [4.78, 5) is 11.4. The van der Waals surface area contributed by atoms with Crippen molar-refractivity contribution in [2.45, 2.75) is 33.6 Å². The Bertz CT molecular complexity index is 411. The van der Waals surface area contributed by atoms with Gasteiger partial charge in [-0.2, -0.15) is 0 Å². The second kappa shape index (κ2) is 5.01. The summed E-state index contributed by atoms with van der Waals surface area (Å²) >= 11 is 0. The second-order valence-corrected chi connectivity index (χ2v) is 3.79. The highest BCUT2D eigenvalue weighted by atomic mass is 16.5. The van der Waals surface area contributed by atoms with E-state index in [2.05, 4.69) is 20.8 Å². The van der Waals surface area contributed by atoms with Crippen molar-refractivity contribution in [2.75, 3.05) is 7.11 Å². The van der Waals surface area contributed by atoms with Crippen molar-refractivity contribution < 1.29 is 9.53 Å². The van der Waals surface area contributed by atoms with E-state index in [1.165, 1.54) is 5.56 Å². The second-order valence-electron chi connectivity index (χ2n) is 3.79. The zero-order valence-corrected chi connectivity index (χ0v) is 10.4. The minimum atomic E-state index is -0.429. The summed E-state index contributed by atoms with van der Waals surface area (Å²) in [6, 6.07) is 1.84. The van der Waals surface area contributed by atoms with Crippen molar-refractivity contribution in [3.8, 4) is 5.75 Å². The average molecular weight is 221 g/mol. The molecule has 88 valence electrons. The Morgan fingerprint density at radius 2 is 2.00 bits per heavy atom. The molecule has 0 saturated heterocycles. The molecule has 0 aliphatic heterocycles. The van der Waals surface area contributed by atoms with Crippen molar-refractivity contribution >= 4 is 5.91 Å². The van der Waals surface area contributed by atoms with Crippen LogP contribution in [-0.2, 0) is 12.8 Å². The van der Waals surface area contributed by atoms with Crippen molar-refractivity contribution in [3.05, 3.63) is 28.3 Å². The topological polar surface area (TPSA) is 52.3 Å². The van der Waals surface area contributed by atoms with Crippen molar-refractivity contribution in [2.24, 2.45) is 5.73 Å². The Labute approximate surface area is 96.6 Å². The van der Waals surface area contributed by atoms with Crippen molar-refractivity contribution in [1.29, 1.82) is 0 Å². The van der Waals surface area contributed by atoms with Crippen LogP contribution < -0.4 is 10.5 Å². The lowest BCUT2D eigenvalue weighted by molar-refractivity contribution is 0.0997. The van der Waals surface area contributed by atoms with Crippen molar-refractivity contribution in [1.82, 2.24) is 0 Å². The number of rotatable bonds is 4. The normalized spacial score (nSPS) is 10.2. The molecule has 1 rings (SSSR count). The Balaban J connectivity index is 3.56. The summed E-state index contributed by atoms with van der Waals surface area (Å²) in [7, 11) is 1.58. The molecule has 0 unspecified atom stereocenters. The molecule has 1 aromatic carbocycles. The molecule has 0 aliphatic carbocycles. The molecular formula is C13H19NO2. The number of primary amides is 1. The average Bonchev–Trinajstić information content (AvgIpc) is 2.27. The third-order valence-electron chi connectivity index (χ3n) is 2.98. The molecular weight excluding hydrogens is 202 g/mol. The van der Waals surface area contributed by atoms with Crippen molar-refractivity contribution in [3.63, 3.8) is 0 Å². The lowest BCUT2D eigenvalue weighted by Crippen LogP contribution is -2.15. The van der Waals surface area contributed by atoms with Gasteiger partial charge in [-0.1, -0.05) is 13.8 Å². The van der Waals surface area contributed by atoms with Gasteiger partial charge in [0.05, 0.1) is 12.7 Å². The molecule has 1 aromatic rings. The fraction of sp³-hybridized carbons (Fsp3) is 0.462. The summed E-state index contributed by atoms with van der Waals surface area (Å²) in [5.41, 5.74) is 9.30. The number of nitrogens with two attached hydrogens (primary N) is 1. The maximum atomic E-state index is 11.4. The van der Waals surface area contributed by atoms with Gasteiger partial charge in [-0.05, 0) is 42.5 Å². The summed E-state index contributed by atoms with van der Waals surface area (Å²) in [6.07, 6.45) is 1.73. The SMILES string of the molecule is CCc1cc(C(N)=O)c(OC)c(CC)c1C. The smallest absolute Gasteiger partial charge is 0.252 e. The zero-order chi connectivity index (χ0) is 12.3. The van der Waals surface area contributed by atoms with Crippen LogP contribution in [0.1, 0.15) is 40.9 Å². The van der Waals surface area contributed by atoms with E-state index in [-0.39, 0.29) is 0 Å². The maximum Gasteiger partial charge on any atom is 0.252 e. The van der Waals surface area contributed by atoms with Crippen LogP contribution in [0.25, 0.3) is 0 Å². The minimum Gasteiger partial charge on any atom is -0.496 e. The molecule has 0 aliphatic rings. The first-order valence-electron chi connectivity index (χ1n) is 5.55. The van der Waals surface area contributed by atoms with E-state index in [9.17, 15) is 4.79 Å². The largest absolute Gasteiger partial charge is 0.496 e. The van der Waals surface area contributed by atoms with Crippen LogP contribution in [0.4, 0.5) is 0 Å². The lowest BCUT2D eigenvalue weighted by atomic mass is 9.94. The van der Waals surface area contributed by atoms with Crippen LogP contribution in [0.5, 0.6) is 5.75 Å². The van der Waals surface area contributed by atoms with Crippen LogP contribution in [0.15, 0.2) is 6.07 Å². The number of ether oxygens (including phenoxy) is 1. The van der Waals surface area contributed by atoms with Gasteiger partial charge in [-0.3, -0.25) is 4.79 Å². The first-order valence-corrected chi connectivity index (χ1v) is 5.55. The van der Waals surface area contributed by atoms with Crippen LogP contribution >= 0.6 is 0 Å². The molecule has 0 spiro atoms. The van der Waals surface area contributed by atoms with Gasteiger partial charge < -0.3 is 10.5 Å². The lowest BCUT2D eigenvalue weighted by Gasteiger charge is -2.16. The summed E-state index contributed by atoms with van der Waals surface area (Å²) < 4.78 is 5.31. The summed E-state index contributed by atoms with van der Waals surface area (Å²) in [5.74, 6) is 0.200. The monoisotopic (exact) mass is 221 g/mol. The Kier molecular flexibility index (Phi) is 3.93. The van der Waals surface area contributed by atoms with Gasteiger partial charge in [-0.25, -0.2) is 0 Å². The Hall–Kier alpha value is -1.51. The zero-order valence-electron chi connectivity index (χ0n) is 10.4. The number of aryl methyl sites for hydroxylation is 1. The predicted octanol–water partition coefficient (Wildman–Crippen LogP) is 2.23. The summed E-state index contributed by atoms with van der Waals surface area (Å²) in [5, 5.41) is 0. The quantitative estimate of drug-likeness (QED) is 0.847. The molecule has 16 heavy (non-hydrogen) atoms. The molecule has 0 heterocycles. The van der Waals surface area contributed by atoms with Crippen LogP contribution in [-0.4, -0.2) is 13.0 Å². The van der Waals surface area contributed by atoms with Crippen LogP contribution in [0.2, 0.25) is 0 Å². The highest BCUT2D eigenvalue weighted by Crippen LogP contribution is 2.30. The third kappa shape index (κ3) is 2.03. The van der Waals surface area contributed by atoms with E-state index in [4.69, 9.17) is 10.5 Å². The molecule has 3 heteroatoms. The molecule has 0 radical (unpaired) electrons. The molecule has 0 fully saturated rings. The minimum absolute atomic E-state index is 0.429. The van der Waals surface area contributed by atoms with E-state index in [0.29, 0.717) is 11.3 Å². The number of hydrogen-bond acceptors (Lipinski definition) is 2. The van der Waals surface area contributed by atoms with Gasteiger partial charge in [-0.15, -0.1) is 0 Å². The number of carbonyl (C=O) groups excluding carboxylic acids is 1. The van der Waals surface area contributed by atoms with E-state index in [1.807, 2.05) is 6.07 Å². The molecule has 2 N–H and O–H groups in total. The van der Waals surface area contributed by atoms with Gasteiger partial charge in [0.2, 0.25) is 0 Å². The number of carbonyl (C=O) groups is 1. The number of amides is 1. The van der Waals surface area contributed by atoms with Gasteiger partial charge in [0.25, 0.3) is 5.91 Å². The molecule has 0 atom stereocenters. The molecule has 0 saturated carbocycles. The molecule has 3 nitrogen and oxygen atoms in total. The highest BCUT2D eigenvalue weighted by molar-refractivity contribution is 5.96. The third-order valence-corrected chi connectivity index (χ3v) is 2.98. The van der Waals surface area contributed by atoms with Crippen LogP contribution in [0, 0.1) is 6.92 Å². The van der Waals surface area contributed by atoms with E-state index < -0.39 is 5.91 Å². The fourth-order valence-electron chi connectivity index (χ4n) is 2.08. The Morgan fingerprint density at radius 3 is 2.38 bits per heavy atom. The van der Waals surface area contributed by atoms with Gasteiger partial charge in [0.1, 0.15) is 5.75 Å². The molecule has 1 amide bonds. The Morgan fingerprint density at radius 1 is 1.38 bits per heavy atom. The predicted molar refractivity (Wildman–Crippen MR) is 65.0 cm³/mol.